The Bertz CT molecular complexity index is 945. The van der Waals surface area contributed by atoms with Crippen LogP contribution in [0.5, 0.6) is 17.2 Å². The van der Waals surface area contributed by atoms with Gasteiger partial charge in [-0.3, -0.25) is 14.5 Å². The van der Waals surface area contributed by atoms with E-state index in [1.54, 1.807) is 12.1 Å². The first-order valence-corrected chi connectivity index (χ1v) is 8.12. The van der Waals surface area contributed by atoms with Crippen LogP contribution in [0.25, 0.3) is 0 Å². The lowest BCUT2D eigenvalue weighted by Crippen LogP contribution is -2.44. The van der Waals surface area contributed by atoms with Crippen molar-refractivity contribution < 1.29 is 33.7 Å². The van der Waals surface area contributed by atoms with Crippen LogP contribution in [0.2, 0.25) is 0 Å². The minimum atomic E-state index is -1.26. The van der Waals surface area contributed by atoms with E-state index in [1.165, 1.54) is 37.4 Å². The number of amides is 2. The van der Waals surface area contributed by atoms with Gasteiger partial charge in [-0.1, -0.05) is 0 Å². The number of carbonyl (C=O) groups excluding carboxylic acids is 2. The fourth-order valence-electron chi connectivity index (χ4n) is 2.69. The first-order valence-electron chi connectivity index (χ1n) is 8.12. The highest BCUT2D eigenvalue weighted by Crippen LogP contribution is 2.34. The monoisotopic (exact) mass is 387 g/mol. The van der Waals surface area contributed by atoms with Crippen molar-refractivity contribution in [2.45, 2.75) is 0 Å². The summed E-state index contributed by atoms with van der Waals surface area (Å²) in [7, 11) is 2.76. The van der Waals surface area contributed by atoms with Gasteiger partial charge in [-0.25, -0.2) is 9.78 Å². The van der Waals surface area contributed by atoms with Gasteiger partial charge in [0.2, 0.25) is 5.91 Å². The Labute approximate surface area is 159 Å². The zero-order chi connectivity index (χ0) is 20.3. The Balaban J connectivity index is 1.86. The molecule has 2 heterocycles. The first kappa shape index (κ1) is 19.0. The highest BCUT2D eigenvalue weighted by Gasteiger charge is 2.29. The molecule has 3 rings (SSSR count). The number of methoxy groups -OCH3 is 2. The molecular weight excluding hydrogens is 370 g/mol. The smallest absolute Gasteiger partial charge is 0.337 e. The molecule has 2 amide bonds. The highest BCUT2D eigenvalue weighted by atomic mass is 16.5. The van der Waals surface area contributed by atoms with Crippen molar-refractivity contribution in [2.24, 2.45) is 0 Å². The van der Waals surface area contributed by atoms with E-state index in [4.69, 9.17) is 14.2 Å². The SMILES string of the molecule is COc1cc(NC(=O)CN2C(=O)COc3cccnc32)c(C(=O)O)cc1OC. The summed E-state index contributed by atoms with van der Waals surface area (Å²) < 4.78 is 15.5. The maximum absolute atomic E-state index is 12.5. The lowest BCUT2D eigenvalue weighted by molar-refractivity contribution is -0.123. The van der Waals surface area contributed by atoms with Crippen molar-refractivity contribution in [2.75, 3.05) is 37.6 Å². The van der Waals surface area contributed by atoms with Gasteiger partial charge in [-0.15, -0.1) is 0 Å². The molecule has 0 saturated heterocycles. The molecule has 10 nitrogen and oxygen atoms in total. The van der Waals surface area contributed by atoms with E-state index in [0.29, 0.717) is 5.75 Å². The minimum Gasteiger partial charge on any atom is -0.493 e. The Hall–Kier alpha value is -3.82. The lowest BCUT2D eigenvalue weighted by atomic mass is 10.1. The molecule has 1 aliphatic heterocycles. The van der Waals surface area contributed by atoms with E-state index in [2.05, 4.69) is 10.3 Å². The van der Waals surface area contributed by atoms with E-state index in [9.17, 15) is 19.5 Å². The van der Waals surface area contributed by atoms with Crippen LogP contribution in [0.1, 0.15) is 10.4 Å². The third kappa shape index (κ3) is 3.65. The van der Waals surface area contributed by atoms with Crippen LogP contribution in [-0.4, -0.2) is 55.2 Å². The van der Waals surface area contributed by atoms with Gasteiger partial charge in [0, 0.05) is 18.3 Å². The largest absolute Gasteiger partial charge is 0.493 e. The number of anilines is 2. The molecule has 10 heteroatoms. The average molecular weight is 387 g/mol. The molecule has 2 N–H and O–H groups in total. The normalized spacial score (nSPS) is 12.6. The van der Waals surface area contributed by atoms with Gasteiger partial charge in [0.25, 0.3) is 5.91 Å². The number of aromatic carboxylic acids is 1. The third-order valence-corrected chi connectivity index (χ3v) is 3.99. The molecule has 0 unspecified atom stereocenters. The van der Waals surface area contributed by atoms with Crippen molar-refractivity contribution in [3.8, 4) is 17.2 Å². The van der Waals surface area contributed by atoms with Gasteiger partial charge in [0.1, 0.15) is 6.54 Å². The predicted octanol–water partition coefficient (Wildman–Crippen LogP) is 1.16. The van der Waals surface area contributed by atoms with Gasteiger partial charge in [0.05, 0.1) is 25.5 Å². The molecule has 1 aromatic carbocycles. The summed E-state index contributed by atoms with van der Waals surface area (Å²) >= 11 is 0. The fourth-order valence-corrected chi connectivity index (χ4v) is 2.69. The van der Waals surface area contributed by atoms with Crippen LogP contribution in [0.3, 0.4) is 0 Å². The topological polar surface area (TPSA) is 127 Å². The van der Waals surface area contributed by atoms with Gasteiger partial charge in [-0.2, -0.15) is 0 Å². The van der Waals surface area contributed by atoms with Crippen molar-refractivity contribution in [1.29, 1.82) is 0 Å². The van der Waals surface area contributed by atoms with Crippen molar-refractivity contribution in [1.82, 2.24) is 4.98 Å². The number of ether oxygens (including phenoxy) is 3. The molecule has 0 fully saturated rings. The summed E-state index contributed by atoms with van der Waals surface area (Å²) in [6.07, 6.45) is 1.47. The molecule has 0 atom stereocenters. The number of carboxylic acid groups (broad SMARTS) is 1. The molecule has 0 spiro atoms. The Kier molecular flexibility index (Phi) is 5.30. The molecule has 0 bridgehead atoms. The van der Waals surface area contributed by atoms with Crippen LogP contribution < -0.4 is 24.4 Å². The zero-order valence-electron chi connectivity index (χ0n) is 15.1. The molecule has 0 saturated carbocycles. The fraction of sp³-hybridized carbons (Fsp3) is 0.222. The molecule has 1 aliphatic rings. The Morgan fingerprint density at radius 1 is 1.29 bits per heavy atom. The highest BCUT2D eigenvalue weighted by molar-refractivity contribution is 6.06. The molecule has 1 aromatic heterocycles. The number of fused-ring (bicyclic) bond motifs is 1. The van der Waals surface area contributed by atoms with Gasteiger partial charge in [-0.05, 0) is 12.1 Å². The van der Waals surface area contributed by atoms with E-state index >= 15 is 0 Å². The minimum absolute atomic E-state index is 0.0112. The van der Waals surface area contributed by atoms with Gasteiger partial charge in [0.15, 0.2) is 29.7 Å². The first-order chi connectivity index (χ1) is 13.4. The van der Waals surface area contributed by atoms with E-state index < -0.39 is 17.8 Å². The van der Waals surface area contributed by atoms with Crippen LogP contribution >= 0.6 is 0 Å². The second-order valence-electron chi connectivity index (χ2n) is 5.70. The molecule has 2 aromatic rings. The maximum atomic E-state index is 12.5. The van der Waals surface area contributed by atoms with Crippen molar-refractivity contribution >= 4 is 29.3 Å². The second-order valence-corrected chi connectivity index (χ2v) is 5.70. The molecule has 0 aliphatic carbocycles. The lowest BCUT2D eigenvalue weighted by Gasteiger charge is -2.27. The number of aromatic nitrogens is 1. The van der Waals surface area contributed by atoms with E-state index in [0.717, 1.165) is 0 Å². The average Bonchev–Trinajstić information content (AvgIpc) is 2.69. The van der Waals surface area contributed by atoms with Gasteiger partial charge < -0.3 is 24.6 Å². The number of carboxylic acids is 1. The number of pyridine rings is 1. The number of rotatable bonds is 6. The summed E-state index contributed by atoms with van der Waals surface area (Å²) in [6, 6.07) is 5.87. The summed E-state index contributed by atoms with van der Waals surface area (Å²) in [4.78, 5) is 41.5. The standard InChI is InChI=1S/C18H17N3O7/c1-26-13-6-10(18(24)25)11(7-14(13)27-2)20-15(22)8-21-16(23)9-28-12-4-3-5-19-17(12)21/h3-7H,8-9H2,1-2H3,(H,20,22)(H,24,25). The van der Waals surface area contributed by atoms with E-state index in [-0.39, 0.29) is 41.7 Å². The molecular formula is C18H17N3O7. The number of hydrogen-bond donors (Lipinski definition) is 2. The van der Waals surface area contributed by atoms with Crippen LogP contribution in [-0.2, 0) is 9.59 Å². The summed E-state index contributed by atoms with van der Waals surface area (Å²) in [5, 5.41) is 11.9. The van der Waals surface area contributed by atoms with Gasteiger partial charge >= 0.3 is 5.97 Å². The number of hydrogen-bond acceptors (Lipinski definition) is 7. The number of carbonyl (C=O) groups is 3. The van der Waals surface area contributed by atoms with Crippen molar-refractivity contribution in [3.05, 3.63) is 36.0 Å². The Morgan fingerprint density at radius 3 is 2.68 bits per heavy atom. The van der Waals surface area contributed by atoms with Crippen molar-refractivity contribution in [3.63, 3.8) is 0 Å². The summed E-state index contributed by atoms with van der Waals surface area (Å²) in [6.45, 7) is -0.581. The number of benzene rings is 1. The number of nitrogens with zero attached hydrogens (tertiary/aromatic N) is 2. The third-order valence-electron chi connectivity index (χ3n) is 3.99. The number of nitrogens with one attached hydrogen (secondary N) is 1. The zero-order valence-corrected chi connectivity index (χ0v) is 15.1. The van der Waals surface area contributed by atoms with Crippen LogP contribution in [0.4, 0.5) is 11.5 Å². The second kappa shape index (κ2) is 7.82. The quantitative estimate of drug-likeness (QED) is 0.756. The molecule has 0 radical (unpaired) electrons. The molecule has 146 valence electrons. The Morgan fingerprint density at radius 2 is 2.00 bits per heavy atom. The molecule has 28 heavy (non-hydrogen) atoms. The summed E-state index contributed by atoms with van der Waals surface area (Å²) in [5.41, 5.74) is -0.171. The maximum Gasteiger partial charge on any atom is 0.337 e. The van der Waals surface area contributed by atoms with Crippen LogP contribution in [0, 0.1) is 0 Å². The predicted molar refractivity (Wildman–Crippen MR) is 97.2 cm³/mol. The van der Waals surface area contributed by atoms with Crippen LogP contribution in [0.15, 0.2) is 30.5 Å². The van der Waals surface area contributed by atoms with E-state index in [1.807, 2.05) is 0 Å². The summed E-state index contributed by atoms with van der Waals surface area (Å²) in [5.74, 6) is -1.25.